The van der Waals surface area contributed by atoms with E-state index < -0.39 is 10.0 Å². The van der Waals surface area contributed by atoms with Crippen LogP contribution in [0.4, 0.5) is 0 Å². The number of nitrogens with zero attached hydrogens (tertiary/aromatic N) is 4. The van der Waals surface area contributed by atoms with Crippen LogP contribution in [0.15, 0.2) is 71.9 Å². The molecule has 0 spiro atoms. The van der Waals surface area contributed by atoms with E-state index in [0.29, 0.717) is 25.2 Å². The summed E-state index contributed by atoms with van der Waals surface area (Å²) in [5.74, 6) is -0.170. The van der Waals surface area contributed by atoms with Crippen LogP contribution in [0.2, 0.25) is 0 Å². The molecule has 0 saturated carbocycles. The molecule has 7 nitrogen and oxygen atoms in total. The first-order chi connectivity index (χ1) is 15.4. The van der Waals surface area contributed by atoms with Gasteiger partial charge < -0.3 is 4.90 Å². The zero-order chi connectivity index (χ0) is 22.6. The number of para-hydroxylation sites is 1. The van der Waals surface area contributed by atoms with Crippen molar-refractivity contribution < 1.29 is 13.2 Å². The van der Waals surface area contributed by atoms with E-state index in [2.05, 4.69) is 5.10 Å². The number of carbonyl (C=O) groups excluding carboxylic acids is 1. The molecule has 0 radical (unpaired) electrons. The molecule has 32 heavy (non-hydrogen) atoms. The van der Waals surface area contributed by atoms with Crippen molar-refractivity contribution in [3.8, 4) is 5.69 Å². The van der Waals surface area contributed by atoms with Crippen molar-refractivity contribution in [3.05, 3.63) is 78.1 Å². The number of hydrogen-bond acceptors (Lipinski definition) is 4. The van der Waals surface area contributed by atoms with E-state index in [1.54, 1.807) is 39.3 Å². The van der Waals surface area contributed by atoms with Gasteiger partial charge in [0.1, 0.15) is 0 Å². The molecule has 2 heterocycles. The summed E-state index contributed by atoms with van der Waals surface area (Å²) in [4.78, 5) is 14.7. The standard InChI is InChI=1S/C24H28N4O3S/c1-26(18-20-17-25-28(19-20)22-9-5-4-6-10-22)24(29)21-11-13-23(14-12-21)32(30,31)27-15-7-2-3-8-16-27/h4-6,9-14,17,19H,2-3,7-8,15-16,18H2,1H3. The molecule has 0 N–H and O–H groups in total. The first-order valence-corrected chi connectivity index (χ1v) is 12.3. The summed E-state index contributed by atoms with van der Waals surface area (Å²) in [5.41, 5.74) is 2.32. The maximum atomic E-state index is 12.9. The Hall–Kier alpha value is -2.97. The van der Waals surface area contributed by atoms with E-state index in [1.807, 2.05) is 36.5 Å². The van der Waals surface area contributed by atoms with Crippen molar-refractivity contribution >= 4 is 15.9 Å². The normalized spacial score (nSPS) is 15.3. The third kappa shape index (κ3) is 4.92. The number of amides is 1. The van der Waals surface area contributed by atoms with Crippen molar-refractivity contribution in [1.82, 2.24) is 19.0 Å². The highest BCUT2D eigenvalue weighted by Gasteiger charge is 2.25. The van der Waals surface area contributed by atoms with Crippen molar-refractivity contribution in [2.24, 2.45) is 0 Å². The summed E-state index contributed by atoms with van der Waals surface area (Å²) in [5, 5.41) is 4.37. The smallest absolute Gasteiger partial charge is 0.253 e. The molecule has 0 atom stereocenters. The van der Waals surface area contributed by atoms with Crippen LogP contribution in [0.1, 0.15) is 41.6 Å². The predicted molar refractivity (Wildman–Crippen MR) is 123 cm³/mol. The fourth-order valence-electron chi connectivity index (χ4n) is 3.93. The van der Waals surface area contributed by atoms with Gasteiger partial charge in [-0.05, 0) is 49.2 Å². The zero-order valence-corrected chi connectivity index (χ0v) is 19.0. The number of hydrogen-bond donors (Lipinski definition) is 0. The van der Waals surface area contributed by atoms with Gasteiger partial charge in [-0.1, -0.05) is 31.0 Å². The second-order valence-corrected chi connectivity index (χ2v) is 10.1. The summed E-state index contributed by atoms with van der Waals surface area (Å²) in [6.45, 7) is 1.52. The Labute approximate surface area is 189 Å². The van der Waals surface area contributed by atoms with Gasteiger partial charge in [0.05, 0.1) is 16.8 Å². The van der Waals surface area contributed by atoms with Crippen LogP contribution in [-0.4, -0.2) is 53.4 Å². The van der Waals surface area contributed by atoms with Gasteiger partial charge in [0, 0.05) is 44.0 Å². The van der Waals surface area contributed by atoms with Crippen LogP contribution in [0.3, 0.4) is 0 Å². The van der Waals surface area contributed by atoms with Gasteiger partial charge in [-0.25, -0.2) is 13.1 Å². The topological polar surface area (TPSA) is 75.5 Å². The van der Waals surface area contributed by atoms with Crippen molar-refractivity contribution in [1.29, 1.82) is 0 Å². The van der Waals surface area contributed by atoms with E-state index in [1.165, 1.54) is 12.1 Å². The summed E-state index contributed by atoms with van der Waals surface area (Å²) in [6.07, 6.45) is 7.55. The van der Waals surface area contributed by atoms with Gasteiger partial charge in [0.25, 0.3) is 5.91 Å². The Bertz CT molecular complexity index is 1150. The average Bonchev–Trinajstić information content (AvgIpc) is 3.10. The van der Waals surface area contributed by atoms with Gasteiger partial charge in [-0.2, -0.15) is 9.40 Å². The maximum absolute atomic E-state index is 12.9. The van der Waals surface area contributed by atoms with Crippen LogP contribution in [0.5, 0.6) is 0 Å². The van der Waals surface area contributed by atoms with Gasteiger partial charge in [0.15, 0.2) is 0 Å². The van der Waals surface area contributed by atoms with Crippen molar-refractivity contribution in [3.63, 3.8) is 0 Å². The van der Waals surface area contributed by atoms with Gasteiger partial charge in [0.2, 0.25) is 10.0 Å². The SMILES string of the molecule is CN(Cc1cnn(-c2ccccc2)c1)C(=O)c1ccc(S(=O)(=O)N2CCCCCC2)cc1. The van der Waals surface area contributed by atoms with E-state index in [-0.39, 0.29) is 10.8 Å². The molecule has 1 fully saturated rings. The minimum atomic E-state index is -3.52. The first-order valence-electron chi connectivity index (χ1n) is 10.9. The molecular weight excluding hydrogens is 424 g/mol. The summed E-state index contributed by atoms with van der Waals surface area (Å²) >= 11 is 0. The van der Waals surface area contributed by atoms with E-state index in [0.717, 1.165) is 36.9 Å². The van der Waals surface area contributed by atoms with E-state index in [9.17, 15) is 13.2 Å². The molecule has 2 aromatic carbocycles. The second-order valence-electron chi connectivity index (χ2n) is 8.13. The Balaban J connectivity index is 1.42. The lowest BCUT2D eigenvalue weighted by molar-refractivity contribution is 0.0785. The quantitative estimate of drug-likeness (QED) is 0.571. The molecule has 0 aliphatic carbocycles. The third-order valence-corrected chi connectivity index (χ3v) is 7.64. The monoisotopic (exact) mass is 452 g/mol. The number of rotatable bonds is 6. The maximum Gasteiger partial charge on any atom is 0.253 e. The summed E-state index contributed by atoms with van der Waals surface area (Å²) < 4.78 is 29.2. The highest BCUT2D eigenvalue weighted by Crippen LogP contribution is 2.21. The first kappa shape index (κ1) is 22.2. The van der Waals surface area contributed by atoms with Crippen LogP contribution in [0, 0.1) is 0 Å². The molecular formula is C24H28N4O3S. The molecule has 3 aromatic rings. The van der Waals surface area contributed by atoms with Crippen LogP contribution in [-0.2, 0) is 16.6 Å². The van der Waals surface area contributed by atoms with E-state index >= 15 is 0 Å². The molecule has 4 rings (SSSR count). The number of carbonyl (C=O) groups is 1. The molecule has 1 aliphatic heterocycles. The molecule has 1 saturated heterocycles. The minimum absolute atomic E-state index is 0.170. The highest BCUT2D eigenvalue weighted by molar-refractivity contribution is 7.89. The Morgan fingerprint density at radius 1 is 0.969 bits per heavy atom. The molecule has 0 bridgehead atoms. The Morgan fingerprint density at radius 3 is 2.28 bits per heavy atom. The summed E-state index contributed by atoms with van der Waals surface area (Å²) in [7, 11) is -1.80. The Kier molecular flexibility index (Phi) is 6.72. The highest BCUT2D eigenvalue weighted by atomic mass is 32.2. The lowest BCUT2D eigenvalue weighted by Crippen LogP contribution is -2.32. The lowest BCUT2D eigenvalue weighted by atomic mass is 10.2. The Morgan fingerprint density at radius 2 is 1.62 bits per heavy atom. The number of benzene rings is 2. The van der Waals surface area contributed by atoms with Gasteiger partial charge in [-0.15, -0.1) is 0 Å². The average molecular weight is 453 g/mol. The molecule has 8 heteroatoms. The molecule has 0 unspecified atom stereocenters. The van der Waals surface area contributed by atoms with Crippen LogP contribution < -0.4 is 0 Å². The molecule has 1 aliphatic rings. The third-order valence-electron chi connectivity index (χ3n) is 5.73. The number of aromatic nitrogens is 2. The van der Waals surface area contributed by atoms with Crippen LogP contribution in [0.25, 0.3) is 5.69 Å². The fraction of sp³-hybridized carbons (Fsp3) is 0.333. The van der Waals surface area contributed by atoms with Gasteiger partial charge >= 0.3 is 0 Å². The second kappa shape index (κ2) is 9.67. The lowest BCUT2D eigenvalue weighted by Gasteiger charge is -2.20. The fourth-order valence-corrected chi connectivity index (χ4v) is 5.45. The van der Waals surface area contributed by atoms with Crippen molar-refractivity contribution in [2.45, 2.75) is 37.1 Å². The number of sulfonamides is 1. The molecule has 1 aromatic heterocycles. The van der Waals surface area contributed by atoms with E-state index in [4.69, 9.17) is 0 Å². The zero-order valence-electron chi connectivity index (χ0n) is 18.2. The molecule has 1 amide bonds. The van der Waals surface area contributed by atoms with Crippen LogP contribution >= 0.6 is 0 Å². The minimum Gasteiger partial charge on any atom is -0.337 e. The largest absolute Gasteiger partial charge is 0.337 e. The molecule has 168 valence electrons. The summed E-state index contributed by atoms with van der Waals surface area (Å²) in [6, 6.07) is 16.0. The predicted octanol–water partition coefficient (Wildman–Crippen LogP) is 3.71. The van der Waals surface area contributed by atoms with Gasteiger partial charge in [-0.3, -0.25) is 4.79 Å². The van der Waals surface area contributed by atoms with Crippen molar-refractivity contribution in [2.75, 3.05) is 20.1 Å².